The normalized spacial score (nSPS) is 15.4. The first-order chi connectivity index (χ1) is 15.8. The van der Waals surface area contributed by atoms with E-state index < -0.39 is 0 Å². The van der Waals surface area contributed by atoms with Gasteiger partial charge in [0.25, 0.3) is 0 Å². The molecule has 4 nitrogen and oxygen atoms in total. The Kier molecular flexibility index (Phi) is 6.17. The third-order valence-electron chi connectivity index (χ3n) is 6.42. The molecule has 0 amide bonds. The van der Waals surface area contributed by atoms with E-state index in [1.165, 1.54) is 16.8 Å². The maximum absolute atomic E-state index is 12.8. The lowest BCUT2D eigenvalue weighted by atomic mass is 9.98. The number of hydrogen-bond donors (Lipinski definition) is 0. The van der Waals surface area contributed by atoms with Gasteiger partial charge in [0, 0.05) is 31.9 Å². The number of anilines is 1. The van der Waals surface area contributed by atoms with Crippen LogP contribution in [0.3, 0.4) is 0 Å². The summed E-state index contributed by atoms with van der Waals surface area (Å²) >= 11 is 0. The molecule has 0 bridgehead atoms. The Balaban J connectivity index is 1.53. The largest absolute Gasteiger partial charge is 0.370 e. The van der Waals surface area contributed by atoms with Crippen molar-refractivity contribution >= 4 is 16.7 Å². The summed E-state index contributed by atoms with van der Waals surface area (Å²) in [6, 6.07) is 27.8. The van der Waals surface area contributed by atoms with Gasteiger partial charge in [-0.1, -0.05) is 60.7 Å². The van der Waals surface area contributed by atoms with Crippen LogP contribution in [0, 0.1) is 0 Å². The van der Waals surface area contributed by atoms with Crippen LogP contribution >= 0.6 is 0 Å². The molecule has 32 heavy (non-hydrogen) atoms. The molecule has 5 rings (SSSR count). The van der Waals surface area contributed by atoms with Crippen LogP contribution in [0.5, 0.6) is 0 Å². The Morgan fingerprint density at radius 1 is 0.812 bits per heavy atom. The van der Waals surface area contributed by atoms with Crippen LogP contribution in [0.15, 0.2) is 85.2 Å². The molecule has 0 unspecified atom stereocenters. The van der Waals surface area contributed by atoms with Gasteiger partial charge < -0.3 is 9.47 Å². The number of alkyl halides is 1. The van der Waals surface area contributed by atoms with Crippen LogP contribution in [-0.4, -0.2) is 53.8 Å². The molecule has 3 aromatic carbocycles. The van der Waals surface area contributed by atoms with Crippen molar-refractivity contribution in [2.75, 3.05) is 44.3 Å². The number of fused-ring (bicyclic) bond motifs is 1. The van der Waals surface area contributed by atoms with Gasteiger partial charge in [-0.3, -0.25) is 4.90 Å². The maximum atomic E-state index is 12.8. The second-order valence-corrected chi connectivity index (χ2v) is 8.42. The summed E-state index contributed by atoms with van der Waals surface area (Å²) < 4.78 is 15.1. The SMILES string of the molecule is FCCN1CCCN(c2ccc3ncn(C(c4ccccc4)c4ccccc4)c3c2)CC1. The highest BCUT2D eigenvalue weighted by molar-refractivity contribution is 5.80. The minimum absolute atomic E-state index is 0.0572. The Morgan fingerprint density at radius 3 is 2.22 bits per heavy atom. The third kappa shape index (κ3) is 4.26. The summed E-state index contributed by atoms with van der Waals surface area (Å²) in [6.45, 7) is 4.03. The molecule has 0 radical (unpaired) electrons. The highest BCUT2D eigenvalue weighted by Gasteiger charge is 2.20. The topological polar surface area (TPSA) is 24.3 Å². The van der Waals surface area contributed by atoms with Crippen LogP contribution in [0.25, 0.3) is 11.0 Å². The lowest BCUT2D eigenvalue weighted by Crippen LogP contribution is -2.31. The first-order valence-electron chi connectivity index (χ1n) is 11.4. The first kappa shape index (κ1) is 20.7. The third-order valence-corrected chi connectivity index (χ3v) is 6.42. The Hall–Kier alpha value is -3.18. The summed E-state index contributed by atoms with van der Waals surface area (Å²) in [5, 5.41) is 0. The Morgan fingerprint density at radius 2 is 1.53 bits per heavy atom. The number of benzene rings is 3. The lowest BCUT2D eigenvalue weighted by Gasteiger charge is -2.24. The highest BCUT2D eigenvalue weighted by Crippen LogP contribution is 2.31. The fourth-order valence-corrected chi connectivity index (χ4v) is 4.77. The van der Waals surface area contributed by atoms with Gasteiger partial charge in [-0.25, -0.2) is 9.37 Å². The van der Waals surface area contributed by atoms with Gasteiger partial charge in [-0.15, -0.1) is 0 Å². The van der Waals surface area contributed by atoms with Crippen molar-refractivity contribution in [2.45, 2.75) is 12.5 Å². The zero-order valence-electron chi connectivity index (χ0n) is 18.3. The van der Waals surface area contributed by atoms with Crippen LogP contribution in [0.1, 0.15) is 23.6 Å². The van der Waals surface area contributed by atoms with E-state index in [2.05, 4.69) is 93.2 Å². The number of aromatic nitrogens is 2. The van der Waals surface area contributed by atoms with Gasteiger partial charge in [-0.2, -0.15) is 0 Å². The minimum Gasteiger partial charge on any atom is -0.370 e. The van der Waals surface area contributed by atoms with Gasteiger partial charge in [0.05, 0.1) is 23.4 Å². The molecule has 0 atom stereocenters. The molecular weight excluding hydrogens is 399 g/mol. The minimum atomic E-state index is -0.272. The fraction of sp³-hybridized carbons (Fsp3) is 0.296. The maximum Gasteiger partial charge on any atom is 0.102 e. The average Bonchev–Trinajstić information content (AvgIpc) is 3.10. The fourth-order valence-electron chi connectivity index (χ4n) is 4.77. The van der Waals surface area contributed by atoms with Crippen molar-refractivity contribution in [1.29, 1.82) is 0 Å². The Labute approximate surface area is 188 Å². The molecule has 1 fully saturated rings. The van der Waals surface area contributed by atoms with Crippen LogP contribution in [-0.2, 0) is 0 Å². The monoisotopic (exact) mass is 428 g/mol. The van der Waals surface area contributed by atoms with E-state index in [4.69, 9.17) is 4.98 Å². The van der Waals surface area contributed by atoms with Crippen molar-refractivity contribution in [3.8, 4) is 0 Å². The number of hydrogen-bond acceptors (Lipinski definition) is 3. The van der Waals surface area contributed by atoms with Crippen molar-refractivity contribution in [2.24, 2.45) is 0 Å². The molecule has 1 aliphatic heterocycles. The van der Waals surface area contributed by atoms with E-state index in [-0.39, 0.29) is 12.7 Å². The van der Waals surface area contributed by atoms with Gasteiger partial charge >= 0.3 is 0 Å². The molecule has 1 aromatic heterocycles. The summed E-state index contributed by atoms with van der Waals surface area (Å²) in [6.07, 6.45) is 3.01. The average molecular weight is 429 g/mol. The van der Waals surface area contributed by atoms with Crippen molar-refractivity contribution in [1.82, 2.24) is 14.5 Å². The van der Waals surface area contributed by atoms with E-state index in [1.54, 1.807) is 0 Å². The quantitative estimate of drug-likeness (QED) is 0.424. The van der Waals surface area contributed by atoms with Crippen molar-refractivity contribution in [3.05, 3.63) is 96.3 Å². The zero-order chi connectivity index (χ0) is 21.8. The number of nitrogens with zero attached hydrogens (tertiary/aromatic N) is 4. The Bertz CT molecular complexity index is 1100. The molecule has 0 spiro atoms. The number of rotatable bonds is 6. The molecule has 5 heteroatoms. The molecule has 164 valence electrons. The first-order valence-corrected chi connectivity index (χ1v) is 11.4. The summed E-state index contributed by atoms with van der Waals surface area (Å²) in [5.74, 6) is 0. The predicted octanol–water partition coefficient (Wildman–Crippen LogP) is 5.16. The van der Waals surface area contributed by atoms with E-state index in [0.717, 1.165) is 43.6 Å². The summed E-state index contributed by atoms with van der Waals surface area (Å²) in [5.41, 5.74) is 5.81. The molecular formula is C27H29FN4. The zero-order valence-corrected chi connectivity index (χ0v) is 18.3. The van der Waals surface area contributed by atoms with Gasteiger partial charge in [0.2, 0.25) is 0 Å². The molecule has 0 N–H and O–H groups in total. The second kappa shape index (κ2) is 9.53. The van der Waals surface area contributed by atoms with E-state index >= 15 is 0 Å². The standard InChI is InChI=1S/C27H29FN4/c28-14-17-30-15-7-16-31(19-18-30)24-12-13-25-26(20-24)32(21-29-25)27(22-8-3-1-4-9-22)23-10-5-2-6-11-23/h1-6,8-13,20-21,27H,7,14-19H2. The molecule has 1 saturated heterocycles. The molecule has 1 aliphatic rings. The molecule has 4 aromatic rings. The number of halogens is 1. The van der Waals surface area contributed by atoms with E-state index in [0.29, 0.717) is 6.54 Å². The van der Waals surface area contributed by atoms with Crippen LogP contribution in [0.4, 0.5) is 10.1 Å². The van der Waals surface area contributed by atoms with Crippen molar-refractivity contribution in [3.63, 3.8) is 0 Å². The van der Waals surface area contributed by atoms with Gasteiger partial charge in [0.1, 0.15) is 6.67 Å². The smallest absolute Gasteiger partial charge is 0.102 e. The molecule has 0 aliphatic carbocycles. The molecule has 2 heterocycles. The number of imidazole rings is 1. The van der Waals surface area contributed by atoms with Gasteiger partial charge in [0.15, 0.2) is 0 Å². The van der Waals surface area contributed by atoms with E-state index in [1.807, 2.05) is 6.33 Å². The highest BCUT2D eigenvalue weighted by atomic mass is 19.1. The molecule has 0 saturated carbocycles. The van der Waals surface area contributed by atoms with Crippen LogP contribution in [0.2, 0.25) is 0 Å². The summed E-state index contributed by atoms with van der Waals surface area (Å²) in [7, 11) is 0. The van der Waals surface area contributed by atoms with Crippen LogP contribution < -0.4 is 4.90 Å². The lowest BCUT2D eigenvalue weighted by molar-refractivity contribution is 0.263. The van der Waals surface area contributed by atoms with E-state index in [9.17, 15) is 4.39 Å². The second-order valence-electron chi connectivity index (χ2n) is 8.42. The van der Waals surface area contributed by atoms with Crippen molar-refractivity contribution < 1.29 is 4.39 Å². The summed E-state index contributed by atoms with van der Waals surface area (Å²) in [4.78, 5) is 9.38. The predicted molar refractivity (Wildman–Crippen MR) is 129 cm³/mol. The van der Waals surface area contributed by atoms with Gasteiger partial charge in [-0.05, 0) is 42.3 Å².